The molecule has 0 saturated heterocycles. The van der Waals surface area contributed by atoms with E-state index in [1.54, 1.807) is 42.5 Å². The first-order valence-corrected chi connectivity index (χ1v) is 11.8. The molecule has 0 bridgehead atoms. The third-order valence-electron chi connectivity index (χ3n) is 5.83. The molecule has 0 fully saturated rings. The minimum Gasteiger partial charge on any atom is -0.326 e. The van der Waals surface area contributed by atoms with Gasteiger partial charge in [-0.2, -0.15) is 0 Å². The maximum Gasteiger partial charge on any atom is 0.228 e. The fourth-order valence-corrected chi connectivity index (χ4v) is 3.85. The van der Waals surface area contributed by atoms with E-state index < -0.39 is 0 Å². The Kier molecular flexibility index (Phi) is 7.71. The van der Waals surface area contributed by atoms with E-state index in [0.717, 1.165) is 22.3 Å². The number of hydrogen-bond acceptors (Lipinski definition) is 3. The van der Waals surface area contributed by atoms with Crippen LogP contribution in [0.5, 0.6) is 0 Å². The first-order chi connectivity index (χ1) is 17.4. The SMILES string of the molecule is Cc1ccc(CC(=O)Nc2ccc(NC(=O)Cc3ccc(C)cc3)c(C(=O)c3ccccc3)c2)cc1. The van der Waals surface area contributed by atoms with Crippen molar-refractivity contribution in [2.24, 2.45) is 0 Å². The Bertz CT molecular complexity index is 1380. The van der Waals surface area contributed by atoms with E-state index in [-0.39, 0.29) is 30.4 Å². The van der Waals surface area contributed by atoms with Gasteiger partial charge in [0.25, 0.3) is 0 Å². The van der Waals surface area contributed by atoms with Crippen molar-refractivity contribution in [3.63, 3.8) is 0 Å². The van der Waals surface area contributed by atoms with Crippen molar-refractivity contribution in [1.82, 2.24) is 0 Å². The molecule has 0 radical (unpaired) electrons. The summed E-state index contributed by atoms with van der Waals surface area (Å²) < 4.78 is 0. The monoisotopic (exact) mass is 476 g/mol. The van der Waals surface area contributed by atoms with E-state index in [9.17, 15) is 14.4 Å². The van der Waals surface area contributed by atoms with Crippen LogP contribution in [-0.4, -0.2) is 17.6 Å². The highest BCUT2D eigenvalue weighted by Crippen LogP contribution is 2.24. The number of ketones is 1. The van der Waals surface area contributed by atoms with Crippen LogP contribution in [0.2, 0.25) is 0 Å². The van der Waals surface area contributed by atoms with Gasteiger partial charge in [-0.3, -0.25) is 14.4 Å². The smallest absolute Gasteiger partial charge is 0.228 e. The molecule has 5 heteroatoms. The first-order valence-electron chi connectivity index (χ1n) is 11.8. The standard InChI is InChI=1S/C31H28N2O3/c1-21-8-12-23(13-9-21)18-29(34)32-26-16-17-28(27(20-26)31(36)25-6-4-3-5-7-25)33-30(35)19-24-14-10-22(2)11-15-24/h3-17,20H,18-19H2,1-2H3,(H,32,34)(H,33,35). The molecule has 0 spiro atoms. The lowest BCUT2D eigenvalue weighted by Gasteiger charge is -2.14. The van der Waals surface area contributed by atoms with Crippen LogP contribution < -0.4 is 10.6 Å². The molecular weight excluding hydrogens is 448 g/mol. The molecule has 0 aliphatic rings. The second-order valence-corrected chi connectivity index (χ2v) is 8.88. The fraction of sp³-hybridized carbons (Fsp3) is 0.129. The van der Waals surface area contributed by atoms with Crippen molar-refractivity contribution in [2.45, 2.75) is 26.7 Å². The summed E-state index contributed by atoms with van der Waals surface area (Å²) in [5, 5.41) is 5.75. The van der Waals surface area contributed by atoms with Gasteiger partial charge in [0, 0.05) is 16.8 Å². The third-order valence-corrected chi connectivity index (χ3v) is 5.83. The van der Waals surface area contributed by atoms with Crippen molar-refractivity contribution in [3.8, 4) is 0 Å². The van der Waals surface area contributed by atoms with Gasteiger partial charge >= 0.3 is 0 Å². The number of hydrogen-bond donors (Lipinski definition) is 2. The summed E-state index contributed by atoms with van der Waals surface area (Å²) in [7, 11) is 0. The summed E-state index contributed by atoms with van der Waals surface area (Å²) in [5.41, 5.74) is 5.73. The van der Waals surface area contributed by atoms with Gasteiger partial charge in [-0.15, -0.1) is 0 Å². The highest BCUT2D eigenvalue weighted by Gasteiger charge is 2.17. The number of carbonyl (C=O) groups excluding carboxylic acids is 3. The molecule has 2 N–H and O–H groups in total. The molecule has 0 unspecified atom stereocenters. The molecule has 4 aromatic rings. The molecule has 2 amide bonds. The van der Waals surface area contributed by atoms with Crippen LogP contribution in [0.3, 0.4) is 0 Å². The summed E-state index contributed by atoms with van der Waals surface area (Å²) in [4.78, 5) is 38.8. The Morgan fingerprint density at radius 1 is 0.611 bits per heavy atom. The van der Waals surface area contributed by atoms with Gasteiger partial charge < -0.3 is 10.6 Å². The summed E-state index contributed by atoms with van der Waals surface area (Å²) in [5.74, 6) is -0.652. The van der Waals surface area contributed by atoms with Crippen molar-refractivity contribution in [2.75, 3.05) is 10.6 Å². The molecule has 0 aromatic heterocycles. The van der Waals surface area contributed by atoms with E-state index in [1.165, 1.54) is 0 Å². The number of carbonyl (C=O) groups is 3. The van der Waals surface area contributed by atoms with Gasteiger partial charge in [0.05, 0.1) is 18.5 Å². The molecule has 0 heterocycles. The number of amides is 2. The molecule has 4 aromatic carbocycles. The molecule has 4 rings (SSSR count). The number of rotatable bonds is 8. The normalized spacial score (nSPS) is 10.5. The average Bonchev–Trinajstić information content (AvgIpc) is 2.88. The predicted octanol–water partition coefficient (Wildman–Crippen LogP) is 5.90. The molecule has 0 aliphatic carbocycles. The van der Waals surface area contributed by atoms with E-state index in [0.29, 0.717) is 22.5 Å². The number of aryl methyl sites for hydroxylation is 2. The third kappa shape index (κ3) is 6.54. The Balaban J connectivity index is 1.55. The Morgan fingerprint density at radius 3 is 1.69 bits per heavy atom. The van der Waals surface area contributed by atoms with Gasteiger partial charge in [-0.1, -0.05) is 90.0 Å². The summed E-state index contributed by atoms with van der Waals surface area (Å²) in [6, 6.07) is 29.3. The van der Waals surface area contributed by atoms with Crippen molar-refractivity contribution in [1.29, 1.82) is 0 Å². The van der Waals surface area contributed by atoms with Gasteiger partial charge in [-0.25, -0.2) is 0 Å². The lowest BCUT2D eigenvalue weighted by Crippen LogP contribution is -2.18. The van der Waals surface area contributed by atoms with Gasteiger partial charge in [0.15, 0.2) is 5.78 Å². The van der Waals surface area contributed by atoms with Crippen LogP contribution in [0.4, 0.5) is 11.4 Å². The number of anilines is 2. The minimum atomic E-state index is -0.240. The molecule has 0 atom stereocenters. The Labute approximate surface area is 211 Å². The molecular formula is C31H28N2O3. The summed E-state index contributed by atoms with van der Waals surface area (Å²) in [6.07, 6.45) is 0.408. The maximum absolute atomic E-state index is 13.3. The van der Waals surface area contributed by atoms with Crippen molar-refractivity contribution < 1.29 is 14.4 Å². The zero-order valence-electron chi connectivity index (χ0n) is 20.4. The zero-order valence-corrected chi connectivity index (χ0v) is 20.4. The maximum atomic E-state index is 13.3. The zero-order chi connectivity index (χ0) is 25.5. The summed E-state index contributed by atoms with van der Waals surface area (Å²) in [6.45, 7) is 3.99. The lowest BCUT2D eigenvalue weighted by molar-refractivity contribution is -0.116. The van der Waals surface area contributed by atoms with Crippen LogP contribution in [0.25, 0.3) is 0 Å². The predicted molar refractivity (Wildman–Crippen MR) is 143 cm³/mol. The summed E-state index contributed by atoms with van der Waals surface area (Å²) >= 11 is 0. The quantitative estimate of drug-likeness (QED) is 0.311. The van der Waals surface area contributed by atoms with Crippen LogP contribution in [0.1, 0.15) is 38.2 Å². The number of benzene rings is 4. The molecule has 5 nitrogen and oxygen atoms in total. The Hall–Kier alpha value is -4.51. The van der Waals surface area contributed by atoms with Crippen LogP contribution in [-0.2, 0) is 22.4 Å². The largest absolute Gasteiger partial charge is 0.326 e. The first kappa shape index (κ1) is 24.6. The van der Waals surface area contributed by atoms with E-state index >= 15 is 0 Å². The van der Waals surface area contributed by atoms with Crippen molar-refractivity contribution >= 4 is 29.0 Å². The van der Waals surface area contributed by atoms with Gasteiger partial charge in [-0.05, 0) is 43.2 Å². The number of nitrogens with one attached hydrogen (secondary N) is 2. The average molecular weight is 477 g/mol. The highest BCUT2D eigenvalue weighted by atomic mass is 16.2. The minimum absolute atomic E-state index is 0.187. The van der Waals surface area contributed by atoms with Gasteiger partial charge in [0.1, 0.15) is 0 Å². The van der Waals surface area contributed by atoms with Gasteiger partial charge in [0.2, 0.25) is 11.8 Å². The highest BCUT2D eigenvalue weighted by molar-refractivity contribution is 6.14. The molecule has 0 aliphatic heterocycles. The van der Waals surface area contributed by atoms with E-state index in [4.69, 9.17) is 0 Å². The molecule has 0 saturated carbocycles. The van der Waals surface area contributed by atoms with E-state index in [1.807, 2.05) is 68.4 Å². The van der Waals surface area contributed by atoms with Crippen LogP contribution >= 0.6 is 0 Å². The fourth-order valence-electron chi connectivity index (χ4n) is 3.85. The topological polar surface area (TPSA) is 75.3 Å². The van der Waals surface area contributed by atoms with E-state index in [2.05, 4.69) is 10.6 Å². The van der Waals surface area contributed by atoms with Crippen LogP contribution in [0, 0.1) is 13.8 Å². The Morgan fingerprint density at radius 2 is 1.14 bits per heavy atom. The second-order valence-electron chi connectivity index (χ2n) is 8.88. The van der Waals surface area contributed by atoms with Crippen molar-refractivity contribution in [3.05, 3.63) is 130 Å². The lowest BCUT2D eigenvalue weighted by atomic mass is 10.0. The van der Waals surface area contributed by atoms with Crippen LogP contribution in [0.15, 0.2) is 97.1 Å². The molecule has 36 heavy (non-hydrogen) atoms. The molecule has 180 valence electrons. The second kappa shape index (κ2) is 11.3.